The number of likely N-dealkylation sites (N-methyl/N-ethyl adjacent to an activating group) is 1. The van der Waals surface area contributed by atoms with Crippen LogP contribution in [0, 0.1) is 0 Å². The molecule has 1 unspecified atom stereocenters. The molecule has 2 rings (SSSR count). The maximum absolute atomic E-state index is 8.21. The molecular weight excluding hydrogens is 238 g/mol. The molecule has 4 nitrogen and oxygen atoms in total. The first-order chi connectivity index (χ1) is 14.8. The lowest BCUT2D eigenvalue weighted by atomic mass is 10.1. The van der Waals surface area contributed by atoms with Gasteiger partial charge in [0.25, 0.3) is 0 Å². The van der Waals surface area contributed by atoms with Gasteiger partial charge in [0.15, 0.2) is 0 Å². The van der Waals surface area contributed by atoms with Crippen molar-refractivity contribution in [2.75, 3.05) is 27.2 Å². The fourth-order valence-electron chi connectivity index (χ4n) is 1.23. The zero-order valence-electron chi connectivity index (χ0n) is 24.3. The van der Waals surface area contributed by atoms with Gasteiger partial charge in [0, 0.05) is 26.5 Å². The molecule has 0 spiro atoms. The quantitative estimate of drug-likeness (QED) is 0.807. The van der Waals surface area contributed by atoms with Crippen LogP contribution in [-0.2, 0) is 11.7 Å². The second kappa shape index (κ2) is 6.50. The summed E-state index contributed by atoms with van der Waals surface area (Å²) in [5.41, 5.74) is -1.53. The van der Waals surface area contributed by atoms with Crippen LogP contribution < -0.4 is 0 Å². The highest BCUT2D eigenvalue weighted by Gasteiger charge is 2.17. The number of rotatable bonds is 6. The molecule has 1 aromatic heterocycles. The maximum atomic E-state index is 8.21. The molecule has 0 bridgehead atoms. The first kappa shape index (κ1) is 4.43. The molecule has 0 aliphatic carbocycles. The van der Waals surface area contributed by atoms with Crippen molar-refractivity contribution in [3.8, 4) is 0 Å². The van der Waals surface area contributed by atoms with Gasteiger partial charge in [0.1, 0.15) is 6.10 Å². The van der Waals surface area contributed by atoms with Crippen molar-refractivity contribution in [2.24, 2.45) is 6.98 Å². The molecule has 0 saturated carbocycles. The van der Waals surface area contributed by atoms with Crippen LogP contribution in [0.15, 0.2) is 42.4 Å². The molecule has 0 fully saturated rings. The van der Waals surface area contributed by atoms with Crippen LogP contribution >= 0.6 is 0 Å². The van der Waals surface area contributed by atoms with E-state index in [1.807, 2.05) is 0 Å². The third-order valence-electron chi connectivity index (χ3n) is 2.04. The van der Waals surface area contributed by atoms with Crippen molar-refractivity contribution in [3.05, 3.63) is 53.7 Å². The van der Waals surface area contributed by atoms with E-state index < -0.39 is 79.8 Å². The van der Waals surface area contributed by atoms with E-state index in [2.05, 4.69) is 5.10 Å². The minimum absolute atomic E-state index is 0.199. The average molecular weight is 273 g/mol. The first-order valence-corrected chi connectivity index (χ1v) is 5.26. The van der Waals surface area contributed by atoms with Gasteiger partial charge in [-0.3, -0.25) is 4.68 Å². The Bertz CT molecular complexity index is 1030. The van der Waals surface area contributed by atoms with Crippen molar-refractivity contribution in [1.29, 1.82) is 0 Å². The third kappa shape index (κ3) is 3.66. The Morgan fingerprint density at radius 3 is 2.89 bits per heavy atom. The standard InChI is InChI=1S/C15H21N3O/c1-17(2)11-12-19-15(13-7-5-4-6-8-13)14-9-10-16-18(14)3/h4-10,15H,11-12H2,1-3H3/i3D3,4D,5D,6D,7D,8D,9D,10D,11D2,12D2. The molecule has 1 heterocycles. The fourth-order valence-corrected chi connectivity index (χ4v) is 1.23. The Hall–Kier alpha value is -1.65. The van der Waals surface area contributed by atoms with Gasteiger partial charge < -0.3 is 9.64 Å². The Labute approximate surface area is 134 Å². The third-order valence-corrected chi connectivity index (χ3v) is 2.04. The maximum Gasteiger partial charge on any atom is 0.124 e. The Kier molecular flexibility index (Phi) is 1.52. The van der Waals surface area contributed by atoms with Gasteiger partial charge >= 0.3 is 0 Å². The summed E-state index contributed by atoms with van der Waals surface area (Å²) in [5.74, 6) is 0. The summed E-state index contributed by atoms with van der Waals surface area (Å²) in [6.07, 6.45) is -3.05. The average Bonchev–Trinajstić information content (AvgIpc) is 2.98. The highest BCUT2D eigenvalue weighted by molar-refractivity contribution is 5.25. The van der Waals surface area contributed by atoms with Crippen molar-refractivity contribution in [1.82, 2.24) is 14.7 Å². The van der Waals surface area contributed by atoms with E-state index in [0.717, 1.165) is 4.90 Å². The lowest BCUT2D eigenvalue weighted by Crippen LogP contribution is -2.20. The Morgan fingerprint density at radius 1 is 1.42 bits per heavy atom. The summed E-state index contributed by atoms with van der Waals surface area (Å²) in [7, 11) is 2.40. The molecule has 19 heavy (non-hydrogen) atoms. The van der Waals surface area contributed by atoms with E-state index in [1.54, 1.807) is 0 Å². The normalized spacial score (nSPS) is 25.6. The summed E-state index contributed by atoms with van der Waals surface area (Å²) in [5, 5.41) is 3.45. The van der Waals surface area contributed by atoms with Crippen LogP contribution in [0.4, 0.5) is 0 Å². The zero-order chi connectivity index (χ0) is 25.8. The van der Waals surface area contributed by atoms with Crippen molar-refractivity contribution < 1.29 is 23.9 Å². The lowest BCUT2D eigenvalue weighted by Gasteiger charge is -2.20. The van der Waals surface area contributed by atoms with Crippen LogP contribution in [0.1, 0.15) is 36.6 Å². The summed E-state index contributed by atoms with van der Waals surface area (Å²) in [4.78, 5) is 0.824. The second-order valence-electron chi connectivity index (χ2n) is 3.68. The number of ether oxygens (including phenoxy) is 1. The molecule has 0 radical (unpaired) electrons. The highest BCUT2D eigenvalue weighted by atomic mass is 16.5. The predicted molar refractivity (Wildman–Crippen MR) is 76.0 cm³/mol. The monoisotopic (exact) mass is 273 g/mol. The molecule has 1 atom stereocenters. The Morgan fingerprint density at radius 2 is 2.21 bits per heavy atom. The number of aryl methyl sites for hydroxylation is 1. The van der Waals surface area contributed by atoms with Gasteiger partial charge in [-0.05, 0) is 25.7 Å². The molecule has 1 aromatic carbocycles. The molecular formula is C15H21N3O. The minimum Gasteiger partial charge on any atom is -0.366 e. The lowest BCUT2D eigenvalue weighted by molar-refractivity contribution is 0.0638. The smallest absolute Gasteiger partial charge is 0.124 e. The largest absolute Gasteiger partial charge is 0.366 e. The predicted octanol–water partition coefficient (Wildman–Crippen LogP) is 2.09. The van der Waals surface area contributed by atoms with E-state index in [4.69, 9.17) is 23.9 Å². The van der Waals surface area contributed by atoms with Gasteiger partial charge in [-0.2, -0.15) is 5.10 Å². The van der Waals surface area contributed by atoms with Crippen molar-refractivity contribution in [3.63, 3.8) is 0 Å². The van der Waals surface area contributed by atoms with E-state index in [-0.39, 0.29) is 4.68 Å². The van der Waals surface area contributed by atoms with E-state index in [9.17, 15) is 0 Å². The molecule has 0 aliphatic heterocycles. The minimum atomic E-state index is -3.26. The molecule has 0 amide bonds. The molecule has 0 aliphatic rings. The molecule has 102 valence electrons. The first-order valence-electron chi connectivity index (χ1n) is 12.3. The summed E-state index contributed by atoms with van der Waals surface area (Å²) in [6.45, 7) is -9.23. The van der Waals surface area contributed by atoms with E-state index >= 15 is 0 Å². The fraction of sp³-hybridized carbons (Fsp3) is 0.400. The summed E-state index contributed by atoms with van der Waals surface area (Å²) in [6, 6.07) is -5.07. The van der Waals surface area contributed by atoms with E-state index in [0.29, 0.717) is 0 Å². The van der Waals surface area contributed by atoms with Crippen molar-refractivity contribution >= 4 is 0 Å². The van der Waals surface area contributed by atoms with Crippen LogP contribution in [0.3, 0.4) is 0 Å². The molecule has 2 aromatic rings. The van der Waals surface area contributed by atoms with Gasteiger partial charge in [0.05, 0.1) is 24.6 Å². The van der Waals surface area contributed by atoms with Gasteiger partial charge in [-0.1, -0.05) is 30.2 Å². The molecule has 0 N–H and O–H groups in total. The van der Waals surface area contributed by atoms with Crippen LogP contribution in [0.2, 0.25) is 0 Å². The summed E-state index contributed by atoms with van der Waals surface area (Å²) < 4.78 is 117. The molecule has 0 saturated heterocycles. The SMILES string of the molecule is [2H]c1nn(C([2H])([2H])[2H])c(C(OC([2H])([2H])C([2H])([2H])N(C)C)c2c([2H])c([2H])c([2H])c([2H])c2[2H])c1[2H]. The number of nitrogens with zero attached hydrogens (tertiary/aromatic N) is 3. The molecule has 4 heteroatoms. The summed E-state index contributed by atoms with van der Waals surface area (Å²) >= 11 is 0. The van der Waals surface area contributed by atoms with Crippen molar-refractivity contribution in [2.45, 2.75) is 6.10 Å². The number of aromatic nitrogens is 2. The number of hydrogen-bond donors (Lipinski definition) is 0. The second-order valence-corrected chi connectivity index (χ2v) is 3.68. The van der Waals surface area contributed by atoms with E-state index in [1.165, 1.54) is 14.1 Å². The van der Waals surface area contributed by atoms with Gasteiger partial charge in [-0.15, -0.1) is 0 Å². The zero-order valence-corrected chi connectivity index (χ0v) is 10.3. The highest BCUT2D eigenvalue weighted by Crippen LogP contribution is 2.25. The Balaban J connectivity index is 2.97. The van der Waals surface area contributed by atoms with Crippen LogP contribution in [0.25, 0.3) is 0 Å². The van der Waals surface area contributed by atoms with Crippen LogP contribution in [-0.4, -0.2) is 41.8 Å². The van der Waals surface area contributed by atoms with Gasteiger partial charge in [0.2, 0.25) is 0 Å². The van der Waals surface area contributed by atoms with Crippen LogP contribution in [0.5, 0.6) is 0 Å². The van der Waals surface area contributed by atoms with Gasteiger partial charge in [-0.25, -0.2) is 0 Å². The number of hydrogen-bond acceptors (Lipinski definition) is 3. The number of benzene rings is 1. The topological polar surface area (TPSA) is 30.3 Å².